The predicted octanol–water partition coefficient (Wildman–Crippen LogP) is 1.86. The SMILES string of the molecule is COC(=O)N1c2c(ccc(OC)c2OC)C23C4CN5CCCC6(CCC12C(O)(C6)C4=O)C53. The summed E-state index contributed by atoms with van der Waals surface area (Å²) in [5.74, 6) is 0.518. The number of hydrogen-bond donors (Lipinski definition) is 1. The van der Waals surface area contributed by atoms with E-state index in [0.29, 0.717) is 36.6 Å². The van der Waals surface area contributed by atoms with E-state index in [1.165, 1.54) is 7.11 Å². The van der Waals surface area contributed by atoms with Crippen LogP contribution < -0.4 is 14.4 Å². The van der Waals surface area contributed by atoms with Crippen LogP contribution in [-0.4, -0.2) is 73.5 Å². The Labute approximate surface area is 186 Å². The average molecular weight is 440 g/mol. The van der Waals surface area contributed by atoms with Gasteiger partial charge < -0.3 is 19.3 Å². The summed E-state index contributed by atoms with van der Waals surface area (Å²) in [5, 5.41) is 12.4. The fourth-order valence-electron chi connectivity index (χ4n) is 9.62. The number of piperidine rings is 1. The molecule has 1 amide bonds. The second kappa shape index (κ2) is 5.42. The number of aliphatic hydroxyl groups is 1. The summed E-state index contributed by atoms with van der Waals surface area (Å²) in [5.41, 5.74) is -1.94. The molecule has 7 aliphatic rings. The Morgan fingerprint density at radius 3 is 2.69 bits per heavy atom. The number of benzene rings is 1. The Kier molecular flexibility index (Phi) is 3.25. The number of carbonyl (C=O) groups excluding carboxylic acids is 2. The summed E-state index contributed by atoms with van der Waals surface area (Å²) in [6.45, 7) is 1.59. The molecule has 1 aromatic carbocycles. The van der Waals surface area contributed by atoms with Crippen molar-refractivity contribution in [3.8, 4) is 11.5 Å². The molecular weight excluding hydrogens is 412 g/mol. The molecule has 2 saturated heterocycles. The average Bonchev–Trinajstić information content (AvgIpc) is 3.33. The summed E-state index contributed by atoms with van der Waals surface area (Å²) >= 11 is 0. The minimum absolute atomic E-state index is 0.0946. The predicted molar refractivity (Wildman–Crippen MR) is 113 cm³/mol. The molecule has 8 heteroatoms. The van der Waals surface area contributed by atoms with Gasteiger partial charge in [-0.05, 0) is 55.7 Å². The summed E-state index contributed by atoms with van der Waals surface area (Å²) in [6, 6.07) is 3.98. The fraction of sp³-hybridized carbons (Fsp3) is 0.667. The zero-order valence-electron chi connectivity index (χ0n) is 18.6. The molecule has 4 aliphatic carbocycles. The summed E-state index contributed by atoms with van der Waals surface area (Å²) in [4.78, 5) is 31.6. The maximum Gasteiger partial charge on any atom is 0.414 e. The van der Waals surface area contributed by atoms with E-state index in [0.717, 1.165) is 31.4 Å². The minimum atomic E-state index is -1.60. The number of amides is 1. The zero-order chi connectivity index (χ0) is 22.3. The largest absolute Gasteiger partial charge is 0.493 e. The van der Waals surface area contributed by atoms with Crippen molar-refractivity contribution in [3.05, 3.63) is 17.7 Å². The molecule has 3 heterocycles. The molecule has 6 fully saturated rings. The smallest absolute Gasteiger partial charge is 0.414 e. The van der Waals surface area contributed by atoms with Crippen molar-refractivity contribution in [1.82, 2.24) is 4.90 Å². The van der Waals surface area contributed by atoms with Gasteiger partial charge in [-0.15, -0.1) is 0 Å². The molecule has 6 unspecified atom stereocenters. The van der Waals surface area contributed by atoms with E-state index in [4.69, 9.17) is 14.2 Å². The van der Waals surface area contributed by atoms with Crippen molar-refractivity contribution in [2.24, 2.45) is 11.3 Å². The highest BCUT2D eigenvalue weighted by atomic mass is 16.5. The second-order valence-electron chi connectivity index (χ2n) is 10.5. The van der Waals surface area contributed by atoms with E-state index >= 15 is 0 Å². The van der Waals surface area contributed by atoms with Gasteiger partial charge in [-0.2, -0.15) is 0 Å². The van der Waals surface area contributed by atoms with Crippen LogP contribution in [0.25, 0.3) is 0 Å². The number of fused-ring (bicyclic) bond motifs is 2. The van der Waals surface area contributed by atoms with Crippen molar-refractivity contribution in [2.45, 2.75) is 54.7 Å². The minimum Gasteiger partial charge on any atom is -0.493 e. The number of rotatable bonds is 2. The fourth-order valence-corrected chi connectivity index (χ4v) is 9.62. The van der Waals surface area contributed by atoms with Crippen LogP contribution in [0.4, 0.5) is 10.5 Å². The van der Waals surface area contributed by atoms with Crippen LogP contribution in [0.15, 0.2) is 12.1 Å². The van der Waals surface area contributed by atoms with Gasteiger partial charge in [0.05, 0.1) is 38.0 Å². The molecule has 1 N–H and O–H groups in total. The summed E-state index contributed by atoms with van der Waals surface area (Å²) in [6.07, 6.45) is 3.40. The maximum absolute atomic E-state index is 14.0. The van der Waals surface area contributed by atoms with E-state index in [9.17, 15) is 14.7 Å². The van der Waals surface area contributed by atoms with Crippen molar-refractivity contribution in [1.29, 1.82) is 0 Å². The van der Waals surface area contributed by atoms with E-state index < -0.39 is 22.6 Å². The Hall–Kier alpha value is -2.32. The van der Waals surface area contributed by atoms with E-state index in [2.05, 4.69) is 4.90 Å². The first-order chi connectivity index (χ1) is 15.4. The molecular formula is C24H28N2O6. The number of ketones is 1. The third-order valence-electron chi connectivity index (χ3n) is 10.1. The van der Waals surface area contributed by atoms with Gasteiger partial charge in [-0.1, -0.05) is 6.07 Å². The van der Waals surface area contributed by atoms with Gasteiger partial charge in [0.15, 0.2) is 17.3 Å². The summed E-state index contributed by atoms with van der Waals surface area (Å²) < 4.78 is 16.7. The van der Waals surface area contributed by atoms with Gasteiger partial charge in [0.2, 0.25) is 0 Å². The van der Waals surface area contributed by atoms with Crippen LogP contribution in [0.3, 0.4) is 0 Å². The van der Waals surface area contributed by atoms with Crippen LogP contribution in [0.1, 0.15) is 37.7 Å². The van der Waals surface area contributed by atoms with Crippen LogP contribution in [0.5, 0.6) is 11.5 Å². The molecule has 32 heavy (non-hydrogen) atoms. The van der Waals surface area contributed by atoms with Crippen molar-refractivity contribution < 1.29 is 28.9 Å². The lowest BCUT2D eigenvalue weighted by atomic mass is 9.40. The molecule has 4 saturated carbocycles. The number of methoxy groups -OCH3 is 3. The molecule has 0 aromatic heterocycles. The number of anilines is 1. The molecule has 6 atom stereocenters. The third-order valence-corrected chi connectivity index (χ3v) is 10.1. The molecule has 8 nitrogen and oxygen atoms in total. The first-order valence-electron chi connectivity index (χ1n) is 11.5. The first-order valence-corrected chi connectivity index (χ1v) is 11.5. The van der Waals surface area contributed by atoms with Crippen LogP contribution in [0.2, 0.25) is 0 Å². The zero-order valence-corrected chi connectivity index (χ0v) is 18.6. The highest BCUT2D eigenvalue weighted by Gasteiger charge is 2.93. The van der Waals surface area contributed by atoms with Crippen LogP contribution in [0, 0.1) is 11.3 Å². The molecule has 0 radical (unpaired) electrons. The van der Waals surface area contributed by atoms with E-state index in [-0.39, 0.29) is 23.2 Å². The first kappa shape index (κ1) is 19.2. The van der Waals surface area contributed by atoms with Crippen LogP contribution in [-0.2, 0) is 14.9 Å². The van der Waals surface area contributed by atoms with E-state index in [1.54, 1.807) is 19.1 Å². The quantitative estimate of drug-likeness (QED) is 0.751. The Bertz CT molecular complexity index is 1110. The number of Topliss-reactive ketones (excluding diaryl/α,β-unsaturated/α-hetero) is 1. The van der Waals surface area contributed by atoms with Gasteiger partial charge in [0, 0.05) is 18.5 Å². The van der Waals surface area contributed by atoms with Gasteiger partial charge in [-0.25, -0.2) is 4.79 Å². The Morgan fingerprint density at radius 1 is 1.16 bits per heavy atom. The lowest BCUT2D eigenvalue weighted by Crippen LogP contribution is -2.82. The number of ether oxygens (including phenoxy) is 3. The van der Waals surface area contributed by atoms with Gasteiger partial charge in [0.25, 0.3) is 0 Å². The molecule has 170 valence electrons. The molecule has 1 aromatic rings. The van der Waals surface area contributed by atoms with E-state index in [1.807, 2.05) is 12.1 Å². The van der Waals surface area contributed by atoms with Crippen molar-refractivity contribution in [3.63, 3.8) is 0 Å². The standard InChI is InChI=1S/C24H28N2O6/c1-30-15-6-5-13-16(17(15)31-2)26(20(28)32-3)23-9-8-21-7-4-10-25-11-14(24(13,23)19(21)25)18(27)22(23,29)12-21/h5-6,14,19,29H,4,7-12H2,1-3H3. The molecule has 3 aliphatic heterocycles. The normalized spacial score (nSPS) is 44.5. The molecule has 4 bridgehead atoms. The third kappa shape index (κ3) is 1.50. The van der Waals surface area contributed by atoms with Gasteiger partial charge >= 0.3 is 6.09 Å². The van der Waals surface area contributed by atoms with Crippen molar-refractivity contribution in [2.75, 3.05) is 39.3 Å². The number of hydrogen-bond acceptors (Lipinski definition) is 7. The topological polar surface area (TPSA) is 88.5 Å². The monoisotopic (exact) mass is 440 g/mol. The Balaban J connectivity index is 1.65. The maximum atomic E-state index is 14.0. The Morgan fingerprint density at radius 2 is 1.97 bits per heavy atom. The highest BCUT2D eigenvalue weighted by Crippen LogP contribution is 2.82. The molecule has 8 rings (SSSR count). The van der Waals surface area contributed by atoms with Gasteiger partial charge in [-0.3, -0.25) is 14.6 Å². The summed E-state index contributed by atoms with van der Waals surface area (Å²) in [7, 11) is 4.48. The highest BCUT2D eigenvalue weighted by molar-refractivity contribution is 6.08. The molecule has 3 spiro atoms. The van der Waals surface area contributed by atoms with Crippen LogP contribution >= 0.6 is 0 Å². The second-order valence-corrected chi connectivity index (χ2v) is 10.5. The lowest BCUT2D eigenvalue weighted by molar-refractivity contribution is -0.194. The van der Waals surface area contributed by atoms with Crippen molar-refractivity contribution >= 4 is 17.6 Å². The number of nitrogens with zero attached hydrogens (tertiary/aromatic N) is 2. The van der Waals surface area contributed by atoms with Gasteiger partial charge in [0.1, 0.15) is 5.60 Å². The lowest BCUT2D eigenvalue weighted by Gasteiger charge is -2.69. The number of carbonyl (C=O) groups is 2.